The summed E-state index contributed by atoms with van der Waals surface area (Å²) in [6.45, 7) is 8.18. The third kappa shape index (κ3) is 7.24. The van der Waals surface area contributed by atoms with Gasteiger partial charge in [-0.25, -0.2) is 8.42 Å². The molecule has 4 aromatic carbocycles. The fourth-order valence-corrected chi connectivity index (χ4v) is 8.05. The Hall–Kier alpha value is -3.78. The Morgan fingerprint density at radius 1 is 0.744 bits per heavy atom. The SMILES string of the molecule is Cc1cc(C)c(S(=O)(=O)N(CCc2ccccc2)CC(=O)N2CCN(C(c3ccccc3)c3ccccc3)CC2)c(C)c1. The zero-order chi connectivity index (χ0) is 30.4. The number of carbonyl (C=O) groups excluding carboxylic acids is 1. The molecule has 1 aliphatic rings. The van der Waals surface area contributed by atoms with Crippen LogP contribution in [0.15, 0.2) is 108 Å². The van der Waals surface area contributed by atoms with Gasteiger partial charge in [0.05, 0.1) is 17.5 Å². The number of carbonyl (C=O) groups is 1. The lowest BCUT2D eigenvalue weighted by Gasteiger charge is -2.40. The normalized spacial score (nSPS) is 14.4. The summed E-state index contributed by atoms with van der Waals surface area (Å²) in [5, 5.41) is 0. The molecule has 1 aliphatic heterocycles. The van der Waals surface area contributed by atoms with Gasteiger partial charge in [-0.1, -0.05) is 109 Å². The van der Waals surface area contributed by atoms with E-state index in [4.69, 9.17) is 0 Å². The Morgan fingerprint density at radius 2 is 1.23 bits per heavy atom. The minimum Gasteiger partial charge on any atom is -0.339 e. The van der Waals surface area contributed by atoms with Gasteiger partial charge in [0.1, 0.15) is 0 Å². The number of nitrogens with zero attached hydrogens (tertiary/aromatic N) is 3. The molecule has 7 heteroatoms. The van der Waals surface area contributed by atoms with Crippen LogP contribution in [0.2, 0.25) is 0 Å². The molecule has 6 nitrogen and oxygen atoms in total. The van der Waals surface area contributed by atoms with E-state index < -0.39 is 10.0 Å². The van der Waals surface area contributed by atoms with Gasteiger partial charge in [-0.05, 0) is 55.0 Å². The van der Waals surface area contributed by atoms with Gasteiger partial charge in [-0.15, -0.1) is 0 Å². The van der Waals surface area contributed by atoms with Crippen LogP contribution in [0.5, 0.6) is 0 Å². The minimum atomic E-state index is -3.90. The van der Waals surface area contributed by atoms with Crippen LogP contribution in [0.4, 0.5) is 0 Å². The number of amides is 1. The maximum absolute atomic E-state index is 14.1. The maximum Gasteiger partial charge on any atom is 0.244 e. The molecule has 1 fully saturated rings. The van der Waals surface area contributed by atoms with E-state index in [1.54, 1.807) is 0 Å². The van der Waals surface area contributed by atoms with E-state index >= 15 is 0 Å². The number of sulfonamides is 1. The summed E-state index contributed by atoms with van der Waals surface area (Å²) in [5.41, 5.74) is 5.90. The Labute approximate surface area is 256 Å². The van der Waals surface area contributed by atoms with Crippen LogP contribution in [0.1, 0.15) is 39.4 Å². The van der Waals surface area contributed by atoms with Gasteiger partial charge < -0.3 is 4.90 Å². The van der Waals surface area contributed by atoms with Crippen LogP contribution in [-0.4, -0.2) is 67.7 Å². The molecule has 1 amide bonds. The predicted molar refractivity (Wildman–Crippen MR) is 172 cm³/mol. The molecule has 0 saturated carbocycles. The molecular weight excluding hydrogens is 554 g/mol. The summed E-state index contributed by atoms with van der Waals surface area (Å²) in [5.74, 6) is -0.158. The summed E-state index contributed by atoms with van der Waals surface area (Å²) < 4.78 is 29.6. The Kier molecular flexibility index (Phi) is 9.76. The predicted octanol–water partition coefficient (Wildman–Crippen LogP) is 5.78. The average Bonchev–Trinajstić information content (AvgIpc) is 3.00. The van der Waals surface area contributed by atoms with E-state index in [1.807, 2.05) is 80.3 Å². The van der Waals surface area contributed by atoms with Crippen LogP contribution in [-0.2, 0) is 21.2 Å². The fourth-order valence-electron chi connectivity index (χ4n) is 6.25. The van der Waals surface area contributed by atoms with Crippen LogP contribution in [0.3, 0.4) is 0 Å². The molecular formula is C36H41N3O3S. The van der Waals surface area contributed by atoms with Crippen molar-refractivity contribution in [2.45, 2.75) is 38.1 Å². The lowest BCUT2D eigenvalue weighted by molar-refractivity contribution is -0.133. The van der Waals surface area contributed by atoms with Crippen molar-refractivity contribution in [1.82, 2.24) is 14.1 Å². The van der Waals surface area contributed by atoms with Gasteiger partial charge in [-0.2, -0.15) is 4.31 Å². The molecule has 0 N–H and O–H groups in total. The molecule has 0 aromatic heterocycles. The maximum atomic E-state index is 14.1. The average molecular weight is 596 g/mol. The molecule has 4 aromatic rings. The summed E-state index contributed by atoms with van der Waals surface area (Å²) in [4.78, 5) is 18.3. The van der Waals surface area contributed by atoms with Gasteiger partial charge >= 0.3 is 0 Å². The van der Waals surface area contributed by atoms with Crippen LogP contribution in [0, 0.1) is 20.8 Å². The summed E-state index contributed by atoms with van der Waals surface area (Å²) in [6.07, 6.45) is 0.529. The van der Waals surface area contributed by atoms with Gasteiger partial charge in [0.25, 0.3) is 0 Å². The highest BCUT2D eigenvalue weighted by Crippen LogP contribution is 2.30. The third-order valence-electron chi connectivity index (χ3n) is 8.27. The van der Waals surface area contributed by atoms with Crippen molar-refractivity contribution in [2.75, 3.05) is 39.3 Å². The highest BCUT2D eigenvalue weighted by molar-refractivity contribution is 7.89. The lowest BCUT2D eigenvalue weighted by Crippen LogP contribution is -2.52. The first-order valence-corrected chi connectivity index (χ1v) is 16.4. The van der Waals surface area contributed by atoms with Crippen molar-refractivity contribution in [3.63, 3.8) is 0 Å². The molecule has 1 saturated heterocycles. The van der Waals surface area contributed by atoms with Crippen LogP contribution in [0.25, 0.3) is 0 Å². The monoisotopic (exact) mass is 595 g/mol. The van der Waals surface area contributed by atoms with E-state index in [2.05, 4.69) is 53.4 Å². The Bertz CT molecular complexity index is 1560. The van der Waals surface area contributed by atoms with Crippen LogP contribution < -0.4 is 0 Å². The highest BCUT2D eigenvalue weighted by Gasteiger charge is 2.33. The van der Waals surface area contributed by atoms with Crippen molar-refractivity contribution in [3.8, 4) is 0 Å². The lowest BCUT2D eigenvalue weighted by atomic mass is 9.96. The van der Waals surface area contributed by atoms with Gasteiger partial charge in [0, 0.05) is 32.7 Å². The second-order valence-corrected chi connectivity index (χ2v) is 13.3. The van der Waals surface area contributed by atoms with Crippen molar-refractivity contribution in [3.05, 3.63) is 137 Å². The standard InChI is InChI=1S/C36H41N3O3S/c1-28-25-29(2)36(30(3)26-28)43(41,42)39(20-19-31-13-7-4-8-14-31)27-34(40)37-21-23-38(24-22-37)35(32-15-9-5-10-16-32)33-17-11-6-12-18-33/h4-18,25-26,35H,19-24,27H2,1-3H3. The van der Waals surface area contributed by atoms with Crippen molar-refractivity contribution in [1.29, 1.82) is 0 Å². The summed E-state index contributed by atoms with van der Waals surface area (Å²) in [6, 6.07) is 34.6. The first kappa shape index (κ1) is 30.7. The quantitative estimate of drug-likeness (QED) is 0.233. The largest absolute Gasteiger partial charge is 0.339 e. The Balaban J connectivity index is 1.34. The first-order valence-electron chi connectivity index (χ1n) is 15.0. The third-order valence-corrected chi connectivity index (χ3v) is 10.4. The van der Waals surface area contributed by atoms with Gasteiger partial charge in [0.2, 0.25) is 15.9 Å². The molecule has 1 heterocycles. The highest BCUT2D eigenvalue weighted by atomic mass is 32.2. The molecule has 0 aliphatic carbocycles. The second kappa shape index (κ2) is 13.7. The molecule has 0 atom stereocenters. The molecule has 224 valence electrons. The molecule has 0 spiro atoms. The topological polar surface area (TPSA) is 60.9 Å². The molecule has 0 unspecified atom stereocenters. The number of piperazine rings is 1. The zero-order valence-corrected chi connectivity index (χ0v) is 26.1. The zero-order valence-electron chi connectivity index (χ0n) is 25.3. The van der Waals surface area contributed by atoms with Crippen molar-refractivity contribution < 1.29 is 13.2 Å². The molecule has 0 bridgehead atoms. The first-order chi connectivity index (χ1) is 20.7. The van der Waals surface area contributed by atoms with E-state index in [1.165, 1.54) is 15.4 Å². The molecule has 43 heavy (non-hydrogen) atoms. The minimum absolute atomic E-state index is 0.0925. The number of rotatable bonds is 10. The van der Waals surface area contributed by atoms with E-state index in [0.717, 1.165) is 11.1 Å². The number of aryl methyl sites for hydroxylation is 3. The fraction of sp³-hybridized carbons (Fsp3) is 0.306. The number of benzene rings is 4. The smallest absolute Gasteiger partial charge is 0.244 e. The van der Waals surface area contributed by atoms with E-state index in [0.29, 0.717) is 48.6 Å². The van der Waals surface area contributed by atoms with E-state index in [9.17, 15) is 13.2 Å². The van der Waals surface area contributed by atoms with Crippen molar-refractivity contribution in [2.24, 2.45) is 0 Å². The van der Waals surface area contributed by atoms with Gasteiger partial charge in [-0.3, -0.25) is 9.69 Å². The molecule has 5 rings (SSSR count). The second-order valence-electron chi connectivity index (χ2n) is 11.4. The summed E-state index contributed by atoms with van der Waals surface area (Å²) in [7, 11) is -3.90. The van der Waals surface area contributed by atoms with Gasteiger partial charge in [0.15, 0.2) is 0 Å². The number of hydrogen-bond acceptors (Lipinski definition) is 4. The van der Waals surface area contributed by atoms with E-state index in [-0.39, 0.29) is 25.0 Å². The summed E-state index contributed by atoms with van der Waals surface area (Å²) >= 11 is 0. The molecule has 0 radical (unpaired) electrons. The number of hydrogen-bond donors (Lipinski definition) is 0. The Morgan fingerprint density at radius 3 is 1.74 bits per heavy atom. The van der Waals surface area contributed by atoms with Crippen LogP contribution >= 0.6 is 0 Å². The van der Waals surface area contributed by atoms with Crippen molar-refractivity contribution >= 4 is 15.9 Å².